The van der Waals surface area contributed by atoms with Crippen LogP contribution in [0.25, 0.3) is 0 Å². The molecule has 0 aliphatic carbocycles. The lowest BCUT2D eigenvalue weighted by atomic mass is 9.99. The van der Waals surface area contributed by atoms with Crippen LogP contribution in [0.4, 0.5) is 0 Å². The standard InChI is InChI=1S/C33H68ClN/c1-3-5-7-9-11-13-15-17-19-21-23-25-27-29-31-33(34,35)32-30-28-26-24-22-20-18-16-14-12-10-8-6-4-2/h3-32,35H2,1-2H3. The van der Waals surface area contributed by atoms with Gasteiger partial charge < -0.3 is 5.73 Å². The first-order valence-electron chi connectivity index (χ1n) is 16.6. The second kappa shape index (κ2) is 28.8. The second-order valence-electron chi connectivity index (χ2n) is 11.7. The highest BCUT2D eigenvalue weighted by molar-refractivity contribution is 6.23. The van der Waals surface area contributed by atoms with Gasteiger partial charge >= 0.3 is 0 Å². The highest BCUT2D eigenvalue weighted by Gasteiger charge is 2.19. The largest absolute Gasteiger partial charge is 0.313 e. The molecule has 0 bridgehead atoms. The van der Waals surface area contributed by atoms with E-state index in [1.54, 1.807) is 0 Å². The third kappa shape index (κ3) is 30.4. The van der Waals surface area contributed by atoms with E-state index in [0.717, 1.165) is 12.8 Å². The van der Waals surface area contributed by atoms with Gasteiger partial charge in [0.2, 0.25) is 0 Å². The molecule has 2 heteroatoms. The van der Waals surface area contributed by atoms with Crippen LogP contribution in [0, 0.1) is 0 Å². The molecule has 0 saturated carbocycles. The predicted octanol–water partition coefficient (Wildman–Crippen LogP) is 12.6. The van der Waals surface area contributed by atoms with Crippen LogP contribution >= 0.6 is 11.6 Å². The van der Waals surface area contributed by atoms with Gasteiger partial charge in [-0.3, -0.25) is 0 Å². The van der Waals surface area contributed by atoms with Gasteiger partial charge in [-0.15, -0.1) is 11.6 Å². The van der Waals surface area contributed by atoms with Gasteiger partial charge in [0, 0.05) is 0 Å². The number of halogens is 1. The number of nitrogens with two attached hydrogens (primary N) is 1. The van der Waals surface area contributed by atoms with Gasteiger partial charge in [-0.25, -0.2) is 0 Å². The molecule has 0 fully saturated rings. The number of hydrogen-bond donors (Lipinski definition) is 1. The van der Waals surface area contributed by atoms with Gasteiger partial charge in [0.1, 0.15) is 0 Å². The van der Waals surface area contributed by atoms with Crippen LogP contribution in [0.1, 0.15) is 206 Å². The Morgan fingerprint density at radius 2 is 0.514 bits per heavy atom. The van der Waals surface area contributed by atoms with E-state index in [4.69, 9.17) is 17.3 Å². The Bertz CT molecular complexity index is 347. The molecule has 0 saturated heterocycles. The first kappa shape index (κ1) is 35.2. The Hall–Kier alpha value is 0.250. The van der Waals surface area contributed by atoms with Gasteiger partial charge in [0.25, 0.3) is 0 Å². The highest BCUT2D eigenvalue weighted by atomic mass is 35.5. The first-order chi connectivity index (χ1) is 17.1. The average Bonchev–Trinajstić information content (AvgIpc) is 2.84. The Morgan fingerprint density at radius 1 is 0.343 bits per heavy atom. The third-order valence-electron chi connectivity index (χ3n) is 7.89. The van der Waals surface area contributed by atoms with Crippen molar-refractivity contribution in [2.45, 2.75) is 211 Å². The van der Waals surface area contributed by atoms with Gasteiger partial charge in [0.05, 0.1) is 5.00 Å². The summed E-state index contributed by atoms with van der Waals surface area (Å²) in [6.07, 6.45) is 41.2. The van der Waals surface area contributed by atoms with E-state index in [2.05, 4.69) is 13.8 Å². The summed E-state index contributed by atoms with van der Waals surface area (Å²) in [5.74, 6) is 0. The normalized spacial score (nSPS) is 12.0. The van der Waals surface area contributed by atoms with Gasteiger partial charge in [-0.1, -0.05) is 194 Å². The molecule has 0 unspecified atom stereocenters. The molecular weight excluding hydrogens is 446 g/mol. The monoisotopic (exact) mass is 514 g/mol. The topological polar surface area (TPSA) is 26.0 Å². The zero-order valence-electron chi connectivity index (χ0n) is 24.7. The van der Waals surface area contributed by atoms with Crippen LogP contribution < -0.4 is 5.73 Å². The summed E-state index contributed by atoms with van der Waals surface area (Å²) >= 11 is 6.62. The molecule has 0 aliphatic rings. The summed E-state index contributed by atoms with van der Waals surface area (Å²) in [7, 11) is 0. The van der Waals surface area contributed by atoms with Gasteiger partial charge in [-0.2, -0.15) is 0 Å². The van der Waals surface area contributed by atoms with E-state index < -0.39 is 5.00 Å². The van der Waals surface area contributed by atoms with Crippen molar-refractivity contribution in [3.05, 3.63) is 0 Å². The van der Waals surface area contributed by atoms with Gasteiger partial charge in [0.15, 0.2) is 0 Å². The van der Waals surface area contributed by atoms with Crippen molar-refractivity contribution in [1.29, 1.82) is 0 Å². The van der Waals surface area contributed by atoms with Crippen molar-refractivity contribution < 1.29 is 0 Å². The Balaban J connectivity index is 3.28. The minimum absolute atomic E-state index is 0.450. The molecule has 212 valence electrons. The molecule has 0 aromatic rings. The van der Waals surface area contributed by atoms with Crippen molar-refractivity contribution in [1.82, 2.24) is 0 Å². The van der Waals surface area contributed by atoms with Crippen LogP contribution in [-0.4, -0.2) is 5.00 Å². The summed E-state index contributed by atoms with van der Waals surface area (Å²) in [6, 6.07) is 0. The molecule has 0 spiro atoms. The van der Waals surface area contributed by atoms with Crippen molar-refractivity contribution >= 4 is 11.6 Å². The van der Waals surface area contributed by atoms with Crippen molar-refractivity contribution in [2.75, 3.05) is 0 Å². The molecule has 0 aromatic heterocycles. The summed E-state index contributed by atoms with van der Waals surface area (Å²) in [5.41, 5.74) is 6.38. The van der Waals surface area contributed by atoms with E-state index in [1.807, 2.05) is 0 Å². The van der Waals surface area contributed by atoms with Gasteiger partial charge in [-0.05, 0) is 12.8 Å². The highest BCUT2D eigenvalue weighted by Crippen LogP contribution is 2.25. The van der Waals surface area contributed by atoms with Crippen LogP contribution in [0.15, 0.2) is 0 Å². The first-order valence-corrected chi connectivity index (χ1v) is 17.0. The lowest BCUT2D eigenvalue weighted by Crippen LogP contribution is -2.32. The Kier molecular flexibility index (Phi) is 29.0. The molecule has 0 heterocycles. The summed E-state index contributed by atoms with van der Waals surface area (Å²) in [5, 5.41) is 0. The lowest BCUT2D eigenvalue weighted by Gasteiger charge is -2.22. The van der Waals surface area contributed by atoms with E-state index in [0.29, 0.717) is 0 Å². The maximum Gasteiger partial charge on any atom is 0.0910 e. The maximum atomic E-state index is 6.62. The molecule has 35 heavy (non-hydrogen) atoms. The Morgan fingerprint density at radius 3 is 0.714 bits per heavy atom. The fourth-order valence-electron chi connectivity index (χ4n) is 5.35. The molecule has 0 aliphatic heterocycles. The predicted molar refractivity (Wildman–Crippen MR) is 163 cm³/mol. The smallest absolute Gasteiger partial charge is 0.0910 e. The summed E-state index contributed by atoms with van der Waals surface area (Å²) in [6.45, 7) is 4.59. The van der Waals surface area contributed by atoms with E-state index >= 15 is 0 Å². The SMILES string of the molecule is CCCCCCCCCCCCCCCCC(N)(Cl)CCCCCCCCCCCCCCCC. The molecule has 0 atom stereocenters. The molecule has 0 aromatic carbocycles. The zero-order valence-corrected chi connectivity index (χ0v) is 25.4. The number of rotatable bonds is 30. The lowest BCUT2D eigenvalue weighted by molar-refractivity contribution is 0.441. The fourth-order valence-corrected chi connectivity index (χ4v) is 5.62. The summed E-state index contributed by atoms with van der Waals surface area (Å²) in [4.78, 5) is -0.450. The molecule has 0 rings (SSSR count). The van der Waals surface area contributed by atoms with E-state index in [1.165, 1.54) is 180 Å². The molecule has 0 amide bonds. The quantitative estimate of drug-likeness (QED) is 0.0576. The zero-order chi connectivity index (χ0) is 25.7. The molecular formula is C33H68ClN. The maximum absolute atomic E-state index is 6.62. The molecule has 0 radical (unpaired) electrons. The minimum Gasteiger partial charge on any atom is -0.313 e. The van der Waals surface area contributed by atoms with Crippen LogP contribution in [-0.2, 0) is 0 Å². The van der Waals surface area contributed by atoms with Crippen molar-refractivity contribution in [3.63, 3.8) is 0 Å². The summed E-state index contributed by atoms with van der Waals surface area (Å²) < 4.78 is 0. The molecule has 2 N–H and O–H groups in total. The number of unbranched alkanes of at least 4 members (excludes halogenated alkanes) is 26. The third-order valence-corrected chi connectivity index (χ3v) is 8.27. The Labute approximate surface area is 228 Å². The van der Waals surface area contributed by atoms with E-state index in [9.17, 15) is 0 Å². The number of hydrogen-bond acceptors (Lipinski definition) is 1. The minimum atomic E-state index is -0.450. The average molecular weight is 514 g/mol. The van der Waals surface area contributed by atoms with Crippen LogP contribution in [0.3, 0.4) is 0 Å². The van der Waals surface area contributed by atoms with Crippen molar-refractivity contribution in [2.24, 2.45) is 5.73 Å². The number of alkyl halides is 1. The molecule has 1 nitrogen and oxygen atoms in total. The van der Waals surface area contributed by atoms with Crippen molar-refractivity contribution in [3.8, 4) is 0 Å². The van der Waals surface area contributed by atoms with Crippen LogP contribution in [0.2, 0.25) is 0 Å². The van der Waals surface area contributed by atoms with Crippen LogP contribution in [0.5, 0.6) is 0 Å². The fraction of sp³-hybridized carbons (Fsp3) is 1.00. The second-order valence-corrected chi connectivity index (χ2v) is 12.5. The van der Waals surface area contributed by atoms with E-state index in [-0.39, 0.29) is 0 Å².